The number of anilines is 1. The van der Waals surface area contributed by atoms with E-state index in [9.17, 15) is 13.2 Å². The number of fused-ring (bicyclic) bond motifs is 2. The molecule has 0 saturated carbocycles. The molecule has 1 aromatic carbocycles. The lowest BCUT2D eigenvalue weighted by Gasteiger charge is -2.22. The van der Waals surface area contributed by atoms with E-state index in [0.717, 1.165) is 16.3 Å². The predicted molar refractivity (Wildman–Crippen MR) is 96.6 cm³/mol. The Morgan fingerprint density at radius 1 is 1.24 bits per heavy atom. The zero-order valence-electron chi connectivity index (χ0n) is 14.5. The maximum absolute atomic E-state index is 13.5. The third-order valence-electron chi connectivity index (χ3n) is 4.25. The van der Waals surface area contributed by atoms with Crippen LogP contribution in [0.25, 0.3) is 10.2 Å². The molecule has 4 aromatic rings. The van der Waals surface area contributed by atoms with Crippen molar-refractivity contribution >= 4 is 27.5 Å². The molecular weight excluding hydrogens is 409 g/mol. The summed E-state index contributed by atoms with van der Waals surface area (Å²) in [6, 6.07) is 4.42. The average molecular weight is 420 g/mol. The average Bonchev–Trinajstić information content (AvgIpc) is 3.45. The largest absolute Gasteiger partial charge is 0.454 e. The molecule has 3 aromatic heterocycles. The van der Waals surface area contributed by atoms with Gasteiger partial charge < -0.3 is 9.47 Å². The van der Waals surface area contributed by atoms with Gasteiger partial charge in [0.25, 0.3) is 0 Å². The topological polar surface area (TPSA) is 78.2 Å². The van der Waals surface area contributed by atoms with E-state index in [0.29, 0.717) is 5.56 Å². The Morgan fingerprint density at radius 2 is 2.14 bits per heavy atom. The molecule has 5 rings (SSSR count). The minimum Gasteiger partial charge on any atom is -0.454 e. The summed E-state index contributed by atoms with van der Waals surface area (Å²) in [5, 5.41) is 8.35. The molecule has 148 valence electrons. The predicted octanol–water partition coefficient (Wildman–Crippen LogP) is 3.50. The van der Waals surface area contributed by atoms with Crippen LogP contribution in [0.3, 0.4) is 0 Å². The van der Waals surface area contributed by atoms with E-state index in [1.165, 1.54) is 39.9 Å². The van der Waals surface area contributed by atoms with Gasteiger partial charge in [0.05, 0.1) is 6.54 Å². The first-order chi connectivity index (χ1) is 14.0. The number of rotatable bonds is 4. The lowest BCUT2D eigenvalue weighted by Crippen LogP contribution is -2.31. The van der Waals surface area contributed by atoms with Gasteiger partial charge in [0.1, 0.15) is 23.0 Å². The van der Waals surface area contributed by atoms with E-state index in [4.69, 9.17) is 9.47 Å². The van der Waals surface area contributed by atoms with Crippen molar-refractivity contribution in [1.82, 2.24) is 24.8 Å². The summed E-state index contributed by atoms with van der Waals surface area (Å²) in [4.78, 5) is 14.9. The number of benzene rings is 1. The fourth-order valence-corrected chi connectivity index (χ4v) is 3.71. The molecule has 0 spiro atoms. The van der Waals surface area contributed by atoms with Gasteiger partial charge in [-0.1, -0.05) is 0 Å². The number of thiophene rings is 1. The van der Waals surface area contributed by atoms with Crippen molar-refractivity contribution in [3.63, 3.8) is 0 Å². The molecule has 0 saturated heterocycles. The van der Waals surface area contributed by atoms with Crippen LogP contribution >= 0.6 is 11.3 Å². The van der Waals surface area contributed by atoms with E-state index in [-0.39, 0.29) is 30.8 Å². The maximum atomic E-state index is 13.5. The van der Waals surface area contributed by atoms with Crippen LogP contribution < -0.4 is 14.5 Å². The van der Waals surface area contributed by atoms with Crippen LogP contribution in [0.15, 0.2) is 42.4 Å². The molecule has 29 heavy (non-hydrogen) atoms. The van der Waals surface area contributed by atoms with Gasteiger partial charge in [-0.25, -0.2) is 20.0 Å². The van der Waals surface area contributed by atoms with Crippen molar-refractivity contribution in [3.05, 3.63) is 53.6 Å². The summed E-state index contributed by atoms with van der Waals surface area (Å²) in [5.41, 5.74) is -0.567. The van der Waals surface area contributed by atoms with Gasteiger partial charge in [-0.05, 0) is 29.1 Å². The van der Waals surface area contributed by atoms with Gasteiger partial charge >= 0.3 is 6.18 Å². The number of hydrogen-bond acceptors (Lipinski definition) is 8. The van der Waals surface area contributed by atoms with Crippen molar-refractivity contribution in [2.24, 2.45) is 0 Å². The molecule has 0 fully saturated rings. The first-order valence-electron chi connectivity index (χ1n) is 8.31. The van der Waals surface area contributed by atoms with E-state index in [2.05, 4.69) is 20.1 Å². The summed E-state index contributed by atoms with van der Waals surface area (Å²) >= 11 is 1.44. The second-order valence-corrected chi connectivity index (χ2v) is 6.99. The molecule has 8 nitrogen and oxygen atoms in total. The smallest absolute Gasteiger partial charge is 0.420 e. The van der Waals surface area contributed by atoms with Crippen LogP contribution in [0, 0.1) is 0 Å². The van der Waals surface area contributed by atoms with Crippen LogP contribution in [0.1, 0.15) is 11.1 Å². The summed E-state index contributed by atoms with van der Waals surface area (Å²) in [6.07, 6.45) is -0.200. The van der Waals surface area contributed by atoms with Crippen LogP contribution in [0.4, 0.5) is 19.1 Å². The van der Waals surface area contributed by atoms with Gasteiger partial charge in [0.2, 0.25) is 12.7 Å². The zero-order valence-corrected chi connectivity index (χ0v) is 15.3. The fraction of sp³-hybridized carbons (Fsp3) is 0.176. The van der Waals surface area contributed by atoms with Gasteiger partial charge in [-0.2, -0.15) is 18.0 Å². The van der Waals surface area contributed by atoms with Crippen molar-refractivity contribution < 1.29 is 22.6 Å². The number of aromatic nitrogens is 5. The first-order valence-corrected chi connectivity index (χ1v) is 9.19. The van der Waals surface area contributed by atoms with Crippen LogP contribution in [0.5, 0.6) is 11.5 Å². The summed E-state index contributed by atoms with van der Waals surface area (Å²) in [6.45, 7) is -0.257. The van der Waals surface area contributed by atoms with Crippen molar-refractivity contribution in [2.45, 2.75) is 12.7 Å². The highest BCUT2D eigenvalue weighted by atomic mass is 32.1. The van der Waals surface area contributed by atoms with Crippen molar-refractivity contribution in [2.75, 3.05) is 11.8 Å². The summed E-state index contributed by atoms with van der Waals surface area (Å²) in [7, 11) is 0. The highest BCUT2D eigenvalue weighted by molar-refractivity contribution is 7.16. The maximum Gasteiger partial charge on any atom is 0.420 e. The highest BCUT2D eigenvalue weighted by Crippen LogP contribution is 2.45. The molecule has 0 atom stereocenters. The van der Waals surface area contributed by atoms with E-state index >= 15 is 0 Å². The van der Waals surface area contributed by atoms with Crippen LogP contribution in [-0.2, 0) is 12.7 Å². The Hall–Kier alpha value is -3.41. The summed E-state index contributed by atoms with van der Waals surface area (Å²) < 4.78 is 50.7. The summed E-state index contributed by atoms with van der Waals surface area (Å²) in [5.74, 6) is 0.0180. The lowest BCUT2D eigenvalue weighted by molar-refractivity contribution is -0.138. The molecule has 0 aliphatic carbocycles. The first kappa shape index (κ1) is 17.7. The molecular formula is C17H11F3N6O2S. The molecule has 0 unspecified atom stereocenters. The SMILES string of the molecule is FC(F)(F)c1cc(CN(c2ncc3ccsc3n2)n2cncn2)cc2c1OCO2. The monoisotopic (exact) mass is 420 g/mol. The van der Waals surface area contributed by atoms with Crippen molar-refractivity contribution in [3.8, 4) is 11.5 Å². The second kappa shape index (κ2) is 6.58. The van der Waals surface area contributed by atoms with E-state index < -0.39 is 11.7 Å². The Kier molecular flexibility index (Phi) is 4.01. The second-order valence-electron chi connectivity index (χ2n) is 6.10. The third kappa shape index (κ3) is 3.20. The van der Waals surface area contributed by atoms with E-state index in [1.54, 1.807) is 6.20 Å². The standard InChI is InChI=1S/C17H11F3N6O2S/c18-17(19,20)12-3-10(4-13-14(12)28-9-27-13)6-25(26-8-21-7-23-26)16-22-5-11-1-2-29-15(11)24-16/h1-5,7-8H,6,9H2. The molecule has 12 heteroatoms. The Balaban J connectivity index is 1.58. The number of nitrogens with zero attached hydrogens (tertiary/aromatic N) is 6. The molecule has 0 amide bonds. The van der Waals surface area contributed by atoms with Gasteiger partial charge in [-0.15, -0.1) is 16.4 Å². The Labute approximate surface area is 165 Å². The quantitative estimate of drug-likeness (QED) is 0.500. The Morgan fingerprint density at radius 3 is 2.93 bits per heavy atom. The third-order valence-corrected chi connectivity index (χ3v) is 5.07. The number of halogens is 3. The number of hydrogen-bond donors (Lipinski definition) is 0. The normalized spacial score (nSPS) is 13.2. The van der Waals surface area contributed by atoms with E-state index in [1.807, 2.05) is 11.4 Å². The van der Waals surface area contributed by atoms with Crippen LogP contribution in [-0.4, -0.2) is 31.6 Å². The molecule has 1 aliphatic rings. The van der Waals surface area contributed by atoms with Gasteiger partial charge in [0, 0.05) is 11.6 Å². The lowest BCUT2D eigenvalue weighted by atomic mass is 10.1. The molecule has 0 radical (unpaired) electrons. The zero-order chi connectivity index (χ0) is 20.0. The van der Waals surface area contributed by atoms with Crippen molar-refractivity contribution in [1.29, 1.82) is 0 Å². The minimum absolute atomic E-state index is 0.0000378. The molecule has 1 aliphatic heterocycles. The highest BCUT2D eigenvalue weighted by Gasteiger charge is 2.38. The molecule has 0 N–H and O–H groups in total. The minimum atomic E-state index is -4.59. The van der Waals surface area contributed by atoms with Crippen LogP contribution in [0.2, 0.25) is 0 Å². The molecule has 0 bridgehead atoms. The number of ether oxygens (including phenoxy) is 2. The number of alkyl halides is 3. The van der Waals surface area contributed by atoms with Gasteiger partial charge in [-0.3, -0.25) is 0 Å². The fourth-order valence-electron chi connectivity index (χ4n) is 2.98. The molecule has 4 heterocycles. The van der Waals surface area contributed by atoms with Gasteiger partial charge in [0.15, 0.2) is 11.5 Å². The Bertz CT molecular complexity index is 1180.